The van der Waals surface area contributed by atoms with Crippen molar-refractivity contribution in [2.75, 3.05) is 13.6 Å². The Hall–Kier alpha value is -1.71. The number of sulfonamides is 1. The molecule has 7 nitrogen and oxygen atoms in total. The van der Waals surface area contributed by atoms with Crippen molar-refractivity contribution in [3.8, 4) is 0 Å². The maximum absolute atomic E-state index is 12.5. The van der Waals surface area contributed by atoms with Gasteiger partial charge in [0.2, 0.25) is 10.0 Å². The standard InChI is InChI=1S/C15H16ClN3O4S.ClH/c1-18(10-15(17)11-2-4-12(16)5-3-11)24(22,23)14-8-6-13(7-9-14)19(20)21;/h2-9,15H,10,17H2,1H3;1H/t15-;/m1./s1. The number of halogens is 2. The summed E-state index contributed by atoms with van der Waals surface area (Å²) in [6.45, 7) is 0.0565. The number of benzene rings is 2. The van der Waals surface area contributed by atoms with E-state index in [0.29, 0.717) is 5.02 Å². The first-order chi connectivity index (χ1) is 11.2. The lowest BCUT2D eigenvalue weighted by molar-refractivity contribution is -0.384. The van der Waals surface area contributed by atoms with Crippen molar-refractivity contribution in [3.05, 3.63) is 69.2 Å². The first-order valence-electron chi connectivity index (χ1n) is 6.93. The van der Waals surface area contributed by atoms with E-state index in [1.54, 1.807) is 24.3 Å². The average molecular weight is 406 g/mol. The van der Waals surface area contributed by atoms with E-state index in [4.69, 9.17) is 17.3 Å². The van der Waals surface area contributed by atoms with Gasteiger partial charge in [-0.15, -0.1) is 12.4 Å². The number of nitro groups is 1. The average Bonchev–Trinajstić information content (AvgIpc) is 2.55. The zero-order chi connectivity index (χ0) is 17.9. The fourth-order valence-electron chi connectivity index (χ4n) is 2.11. The molecule has 2 aromatic rings. The highest BCUT2D eigenvalue weighted by molar-refractivity contribution is 7.89. The molecule has 2 N–H and O–H groups in total. The van der Waals surface area contributed by atoms with Crippen LogP contribution in [0.15, 0.2) is 53.4 Å². The highest BCUT2D eigenvalue weighted by Crippen LogP contribution is 2.21. The zero-order valence-electron chi connectivity index (χ0n) is 13.2. The molecule has 0 spiro atoms. The van der Waals surface area contributed by atoms with E-state index in [2.05, 4.69) is 0 Å². The molecule has 0 aromatic heterocycles. The fourth-order valence-corrected chi connectivity index (χ4v) is 3.43. The van der Waals surface area contributed by atoms with Crippen molar-refractivity contribution in [3.63, 3.8) is 0 Å². The molecular formula is C15H17Cl2N3O4S. The third-order valence-corrected chi connectivity index (χ3v) is 5.60. The molecule has 0 saturated carbocycles. The van der Waals surface area contributed by atoms with Crippen LogP contribution in [0.1, 0.15) is 11.6 Å². The van der Waals surface area contributed by atoms with Gasteiger partial charge in [-0.2, -0.15) is 4.31 Å². The number of nitrogens with two attached hydrogens (primary N) is 1. The Bertz CT molecular complexity index is 827. The topological polar surface area (TPSA) is 107 Å². The molecule has 25 heavy (non-hydrogen) atoms. The van der Waals surface area contributed by atoms with Crippen LogP contribution < -0.4 is 5.73 Å². The summed E-state index contributed by atoms with van der Waals surface area (Å²) < 4.78 is 26.1. The molecule has 0 saturated heterocycles. The highest BCUT2D eigenvalue weighted by atomic mass is 35.5. The molecule has 0 aliphatic rings. The predicted molar refractivity (Wildman–Crippen MR) is 98.5 cm³/mol. The monoisotopic (exact) mass is 405 g/mol. The molecule has 0 bridgehead atoms. The van der Waals surface area contributed by atoms with E-state index < -0.39 is 21.0 Å². The first-order valence-corrected chi connectivity index (χ1v) is 8.75. The quantitative estimate of drug-likeness (QED) is 0.586. The summed E-state index contributed by atoms with van der Waals surface area (Å²) in [6, 6.07) is 11.0. The number of likely N-dealkylation sites (N-methyl/N-ethyl adjacent to an activating group) is 1. The molecule has 0 unspecified atom stereocenters. The van der Waals surface area contributed by atoms with Crippen LogP contribution in [0.5, 0.6) is 0 Å². The second kappa shape index (κ2) is 8.59. The van der Waals surface area contributed by atoms with Gasteiger partial charge in [-0.3, -0.25) is 10.1 Å². The van der Waals surface area contributed by atoms with Crippen molar-refractivity contribution >= 4 is 39.7 Å². The van der Waals surface area contributed by atoms with Gasteiger partial charge >= 0.3 is 0 Å². The molecule has 0 aliphatic heterocycles. The fraction of sp³-hybridized carbons (Fsp3) is 0.200. The second-order valence-corrected chi connectivity index (χ2v) is 7.68. The van der Waals surface area contributed by atoms with Crippen LogP contribution in [0.3, 0.4) is 0 Å². The van der Waals surface area contributed by atoms with E-state index in [1.807, 2.05) is 0 Å². The summed E-state index contributed by atoms with van der Waals surface area (Å²) in [7, 11) is -2.38. The SMILES string of the molecule is CN(C[C@@H](N)c1ccc(Cl)cc1)S(=O)(=O)c1ccc([N+](=O)[O-])cc1.Cl. The van der Waals surface area contributed by atoms with Crippen molar-refractivity contribution in [1.82, 2.24) is 4.31 Å². The van der Waals surface area contributed by atoms with Gasteiger partial charge in [0.15, 0.2) is 0 Å². The van der Waals surface area contributed by atoms with Crippen LogP contribution in [0.25, 0.3) is 0 Å². The lowest BCUT2D eigenvalue weighted by Crippen LogP contribution is -2.34. The predicted octanol–water partition coefficient (Wildman–Crippen LogP) is 2.99. The third-order valence-electron chi connectivity index (χ3n) is 3.51. The van der Waals surface area contributed by atoms with Crippen molar-refractivity contribution in [2.45, 2.75) is 10.9 Å². The Morgan fingerprint density at radius 1 is 1.16 bits per heavy atom. The lowest BCUT2D eigenvalue weighted by atomic mass is 10.1. The minimum Gasteiger partial charge on any atom is -0.323 e. The molecule has 136 valence electrons. The summed E-state index contributed by atoms with van der Waals surface area (Å²) in [5.41, 5.74) is 6.63. The maximum atomic E-state index is 12.5. The number of non-ortho nitro benzene ring substituents is 1. The first kappa shape index (κ1) is 21.3. The van der Waals surface area contributed by atoms with E-state index in [-0.39, 0.29) is 29.5 Å². The molecule has 0 aliphatic carbocycles. The van der Waals surface area contributed by atoms with Gasteiger partial charge in [0.25, 0.3) is 5.69 Å². The maximum Gasteiger partial charge on any atom is 0.269 e. The number of nitrogens with zero attached hydrogens (tertiary/aromatic N) is 2. The lowest BCUT2D eigenvalue weighted by Gasteiger charge is -2.21. The van der Waals surface area contributed by atoms with Gasteiger partial charge in [-0.1, -0.05) is 23.7 Å². The van der Waals surface area contributed by atoms with Crippen molar-refractivity contribution in [1.29, 1.82) is 0 Å². The molecule has 2 aromatic carbocycles. The van der Waals surface area contributed by atoms with Crippen LogP contribution >= 0.6 is 24.0 Å². The Kier molecular flexibility index (Phi) is 7.33. The molecule has 2 rings (SSSR count). The van der Waals surface area contributed by atoms with Gasteiger partial charge in [-0.05, 0) is 29.8 Å². The Balaban J connectivity index is 0.00000312. The zero-order valence-corrected chi connectivity index (χ0v) is 15.6. The third kappa shape index (κ3) is 5.13. The van der Waals surface area contributed by atoms with Crippen LogP contribution in [0.4, 0.5) is 5.69 Å². The molecule has 10 heteroatoms. The number of hydrogen-bond acceptors (Lipinski definition) is 5. The molecule has 0 radical (unpaired) electrons. The van der Waals surface area contributed by atoms with Crippen LogP contribution in [-0.4, -0.2) is 31.2 Å². The summed E-state index contributed by atoms with van der Waals surface area (Å²) in [6.07, 6.45) is 0. The van der Waals surface area contributed by atoms with Crippen LogP contribution in [0.2, 0.25) is 5.02 Å². The van der Waals surface area contributed by atoms with Crippen LogP contribution in [-0.2, 0) is 10.0 Å². The van der Waals surface area contributed by atoms with Gasteiger partial charge in [-0.25, -0.2) is 8.42 Å². The van der Waals surface area contributed by atoms with Crippen molar-refractivity contribution < 1.29 is 13.3 Å². The van der Waals surface area contributed by atoms with E-state index in [1.165, 1.54) is 19.2 Å². The number of nitro benzene ring substituents is 1. The molecule has 0 heterocycles. The smallest absolute Gasteiger partial charge is 0.269 e. The van der Waals surface area contributed by atoms with Gasteiger partial charge < -0.3 is 5.73 Å². The summed E-state index contributed by atoms with van der Waals surface area (Å²) in [5.74, 6) is 0. The summed E-state index contributed by atoms with van der Waals surface area (Å²) in [5, 5.41) is 11.2. The normalized spacial score (nSPS) is 12.5. The number of hydrogen-bond donors (Lipinski definition) is 1. The second-order valence-electron chi connectivity index (χ2n) is 5.19. The minimum atomic E-state index is -3.79. The van der Waals surface area contributed by atoms with Crippen molar-refractivity contribution in [2.24, 2.45) is 5.73 Å². The van der Waals surface area contributed by atoms with Gasteiger partial charge in [0, 0.05) is 36.8 Å². The Morgan fingerprint density at radius 2 is 1.68 bits per heavy atom. The molecular weight excluding hydrogens is 389 g/mol. The Labute approximate surface area is 157 Å². The molecule has 0 amide bonds. The Morgan fingerprint density at radius 3 is 2.16 bits per heavy atom. The van der Waals surface area contributed by atoms with Gasteiger partial charge in [0.05, 0.1) is 9.82 Å². The summed E-state index contributed by atoms with van der Waals surface area (Å²) in [4.78, 5) is 10.0. The minimum absolute atomic E-state index is 0. The summed E-state index contributed by atoms with van der Waals surface area (Å²) >= 11 is 5.81. The van der Waals surface area contributed by atoms with Crippen LogP contribution in [0, 0.1) is 10.1 Å². The van der Waals surface area contributed by atoms with Gasteiger partial charge in [0.1, 0.15) is 0 Å². The highest BCUT2D eigenvalue weighted by Gasteiger charge is 2.23. The molecule has 1 atom stereocenters. The molecule has 0 fully saturated rings. The van der Waals surface area contributed by atoms with E-state index in [9.17, 15) is 18.5 Å². The van der Waals surface area contributed by atoms with E-state index in [0.717, 1.165) is 22.0 Å². The van der Waals surface area contributed by atoms with E-state index >= 15 is 0 Å². The largest absolute Gasteiger partial charge is 0.323 e. The number of rotatable bonds is 6.